The van der Waals surface area contributed by atoms with Crippen LogP contribution in [0.2, 0.25) is 5.02 Å². The van der Waals surface area contributed by atoms with Crippen molar-refractivity contribution in [3.8, 4) is 0 Å². The van der Waals surface area contributed by atoms with Crippen LogP contribution in [0.1, 0.15) is 11.6 Å². The van der Waals surface area contributed by atoms with Crippen LogP contribution < -0.4 is 5.32 Å². The highest BCUT2D eigenvalue weighted by molar-refractivity contribution is 7.89. The Morgan fingerprint density at radius 1 is 1.08 bits per heavy atom. The fraction of sp³-hybridized carbons (Fsp3) is 0.188. The highest BCUT2D eigenvalue weighted by Crippen LogP contribution is 2.30. The van der Waals surface area contributed by atoms with E-state index in [9.17, 15) is 17.6 Å². The van der Waals surface area contributed by atoms with Gasteiger partial charge in [-0.2, -0.15) is 4.31 Å². The lowest BCUT2D eigenvalue weighted by Crippen LogP contribution is -2.52. The van der Waals surface area contributed by atoms with E-state index in [4.69, 9.17) is 11.6 Å². The number of benzene rings is 2. The Labute approximate surface area is 144 Å². The molecule has 0 spiro atoms. The molecule has 2 aromatic rings. The number of rotatable bonds is 3. The van der Waals surface area contributed by atoms with Gasteiger partial charge in [0.05, 0.1) is 4.90 Å². The van der Waals surface area contributed by atoms with Crippen LogP contribution in [0, 0.1) is 5.82 Å². The van der Waals surface area contributed by atoms with Crippen LogP contribution in [0.3, 0.4) is 0 Å². The van der Waals surface area contributed by atoms with Gasteiger partial charge in [0.15, 0.2) is 0 Å². The number of carbonyl (C=O) groups excluding carboxylic acids is 1. The number of hydrogen-bond donors (Lipinski definition) is 1. The van der Waals surface area contributed by atoms with Crippen LogP contribution in [0.5, 0.6) is 0 Å². The van der Waals surface area contributed by atoms with E-state index in [1.807, 2.05) is 0 Å². The zero-order valence-electron chi connectivity index (χ0n) is 12.4. The molecule has 1 amide bonds. The molecule has 1 unspecified atom stereocenters. The standard InChI is InChI=1S/C16H14ClFN2O3S/c17-12-3-7-14(8-4-12)24(22,23)20-10-9-19-16(21)15(20)11-1-5-13(18)6-2-11/h1-8,15H,9-10H2,(H,19,21). The second kappa shape index (κ2) is 6.51. The molecule has 0 saturated carbocycles. The molecule has 2 aromatic carbocycles. The van der Waals surface area contributed by atoms with Crippen molar-refractivity contribution in [2.45, 2.75) is 10.9 Å². The third-order valence-electron chi connectivity index (χ3n) is 3.77. The van der Waals surface area contributed by atoms with Crippen LogP contribution in [0.4, 0.5) is 4.39 Å². The van der Waals surface area contributed by atoms with Crippen LogP contribution in [-0.4, -0.2) is 31.7 Å². The fourth-order valence-corrected chi connectivity index (χ4v) is 4.31. The molecule has 0 aromatic heterocycles. The Kier molecular flexibility index (Phi) is 4.58. The maximum absolute atomic E-state index is 13.1. The van der Waals surface area contributed by atoms with E-state index in [0.717, 1.165) is 4.31 Å². The Bertz CT molecular complexity index is 854. The molecule has 8 heteroatoms. The van der Waals surface area contributed by atoms with Gasteiger partial charge >= 0.3 is 0 Å². The Morgan fingerprint density at radius 3 is 2.33 bits per heavy atom. The highest BCUT2D eigenvalue weighted by atomic mass is 35.5. The minimum Gasteiger partial charge on any atom is -0.353 e. The average molecular weight is 369 g/mol. The zero-order chi connectivity index (χ0) is 17.3. The van der Waals surface area contributed by atoms with E-state index in [0.29, 0.717) is 10.6 Å². The summed E-state index contributed by atoms with van der Waals surface area (Å²) in [6, 6.07) is 9.92. The van der Waals surface area contributed by atoms with E-state index in [2.05, 4.69) is 5.32 Å². The van der Waals surface area contributed by atoms with Crippen molar-refractivity contribution in [1.29, 1.82) is 0 Å². The fourth-order valence-electron chi connectivity index (χ4n) is 2.61. The van der Waals surface area contributed by atoms with E-state index in [1.54, 1.807) is 0 Å². The molecule has 0 aliphatic carbocycles. The first kappa shape index (κ1) is 16.9. The van der Waals surface area contributed by atoms with Gasteiger partial charge in [0.2, 0.25) is 15.9 Å². The summed E-state index contributed by atoms with van der Waals surface area (Å²) in [5.74, 6) is -0.896. The topological polar surface area (TPSA) is 66.5 Å². The van der Waals surface area contributed by atoms with Gasteiger partial charge in [0.1, 0.15) is 11.9 Å². The molecule has 1 aliphatic heterocycles. The maximum atomic E-state index is 13.1. The SMILES string of the molecule is O=C1NCCN(S(=O)(=O)c2ccc(Cl)cc2)C1c1ccc(F)cc1. The summed E-state index contributed by atoms with van der Waals surface area (Å²) < 4.78 is 40.1. The Hall–Kier alpha value is -1.96. The van der Waals surface area contributed by atoms with Crippen molar-refractivity contribution >= 4 is 27.5 Å². The zero-order valence-corrected chi connectivity index (χ0v) is 14.0. The number of hydrogen-bond acceptors (Lipinski definition) is 3. The Balaban J connectivity index is 2.04. The smallest absolute Gasteiger partial charge is 0.244 e. The molecular weight excluding hydrogens is 355 g/mol. The van der Waals surface area contributed by atoms with E-state index >= 15 is 0 Å². The highest BCUT2D eigenvalue weighted by Gasteiger charge is 2.39. The van der Waals surface area contributed by atoms with Gasteiger partial charge in [-0.25, -0.2) is 12.8 Å². The quantitative estimate of drug-likeness (QED) is 0.904. The van der Waals surface area contributed by atoms with Crippen molar-refractivity contribution < 1.29 is 17.6 Å². The first-order valence-electron chi connectivity index (χ1n) is 7.20. The summed E-state index contributed by atoms with van der Waals surface area (Å²) in [6.07, 6.45) is 0. The summed E-state index contributed by atoms with van der Waals surface area (Å²) in [6.45, 7) is 0.335. The minimum absolute atomic E-state index is 0.0497. The largest absolute Gasteiger partial charge is 0.353 e. The second-order valence-corrected chi connectivity index (χ2v) is 7.64. The van der Waals surface area contributed by atoms with Gasteiger partial charge in [-0.1, -0.05) is 23.7 Å². The second-order valence-electron chi connectivity index (χ2n) is 5.31. The number of piperazine rings is 1. The van der Waals surface area contributed by atoms with Crippen molar-refractivity contribution in [3.05, 3.63) is 64.9 Å². The maximum Gasteiger partial charge on any atom is 0.244 e. The lowest BCUT2D eigenvalue weighted by atomic mass is 10.0. The number of nitrogens with zero attached hydrogens (tertiary/aromatic N) is 1. The monoisotopic (exact) mass is 368 g/mol. The van der Waals surface area contributed by atoms with Crippen molar-refractivity contribution in [2.24, 2.45) is 0 Å². The van der Waals surface area contributed by atoms with Gasteiger partial charge < -0.3 is 5.32 Å². The summed E-state index contributed by atoms with van der Waals surface area (Å²) in [4.78, 5) is 12.3. The predicted molar refractivity (Wildman–Crippen MR) is 87.5 cm³/mol. The van der Waals surface area contributed by atoms with Gasteiger partial charge in [-0.3, -0.25) is 4.79 Å². The molecule has 0 bridgehead atoms. The molecule has 1 heterocycles. The Morgan fingerprint density at radius 2 is 1.71 bits per heavy atom. The minimum atomic E-state index is -3.90. The van der Waals surface area contributed by atoms with Gasteiger partial charge in [-0.05, 0) is 42.0 Å². The lowest BCUT2D eigenvalue weighted by Gasteiger charge is -2.34. The third kappa shape index (κ3) is 3.15. The molecule has 24 heavy (non-hydrogen) atoms. The molecule has 1 saturated heterocycles. The number of sulfonamides is 1. The van der Waals surface area contributed by atoms with Gasteiger partial charge in [-0.15, -0.1) is 0 Å². The van der Waals surface area contributed by atoms with E-state index < -0.39 is 27.8 Å². The molecule has 1 N–H and O–H groups in total. The summed E-state index contributed by atoms with van der Waals surface area (Å²) in [7, 11) is -3.90. The molecular formula is C16H14ClFN2O3S. The number of nitrogens with one attached hydrogen (secondary N) is 1. The first-order valence-corrected chi connectivity index (χ1v) is 9.02. The number of amides is 1. The molecule has 1 atom stereocenters. The van der Waals surface area contributed by atoms with Crippen molar-refractivity contribution in [2.75, 3.05) is 13.1 Å². The summed E-state index contributed by atoms with van der Waals surface area (Å²) in [5, 5.41) is 3.07. The molecule has 1 aliphatic rings. The summed E-state index contributed by atoms with van der Waals surface area (Å²) >= 11 is 5.80. The van der Waals surface area contributed by atoms with Crippen LogP contribution in [0.15, 0.2) is 53.4 Å². The molecule has 5 nitrogen and oxygen atoms in total. The molecule has 3 rings (SSSR count). The average Bonchev–Trinajstić information content (AvgIpc) is 2.56. The van der Waals surface area contributed by atoms with Crippen LogP contribution in [-0.2, 0) is 14.8 Å². The predicted octanol–water partition coefficient (Wildman–Crippen LogP) is 2.34. The third-order valence-corrected chi connectivity index (χ3v) is 5.90. The van der Waals surface area contributed by atoms with Crippen molar-refractivity contribution in [3.63, 3.8) is 0 Å². The summed E-state index contributed by atoms with van der Waals surface area (Å²) in [5.41, 5.74) is 0.408. The molecule has 0 radical (unpaired) electrons. The molecule has 126 valence electrons. The lowest BCUT2D eigenvalue weighted by molar-refractivity contribution is -0.126. The first-order chi connectivity index (χ1) is 11.4. The van der Waals surface area contributed by atoms with Crippen molar-refractivity contribution in [1.82, 2.24) is 9.62 Å². The van der Waals surface area contributed by atoms with Crippen LogP contribution >= 0.6 is 11.6 Å². The molecule has 1 fully saturated rings. The normalized spacial score (nSPS) is 19.1. The number of carbonyl (C=O) groups is 1. The van der Waals surface area contributed by atoms with Gasteiger partial charge in [0.25, 0.3) is 0 Å². The van der Waals surface area contributed by atoms with E-state index in [1.165, 1.54) is 48.5 Å². The number of halogens is 2. The van der Waals surface area contributed by atoms with Gasteiger partial charge in [0, 0.05) is 18.1 Å². The van der Waals surface area contributed by atoms with Crippen LogP contribution in [0.25, 0.3) is 0 Å². The van der Waals surface area contributed by atoms with E-state index in [-0.39, 0.29) is 18.0 Å².